The molecule has 21 heavy (non-hydrogen) atoms. The molecule has 1 aliphatic heterocycles. The second kappa shape index (κ2) is 6.16. The fraction of sp³-hybridized carbons (Fsp3) is 0.294. The normalized spacial score (nSPS) is 15.7. The third-order valence-electron chi connectivity index (χ3n) is 3.76. The molecule has 4 nitrogen and oxygen atoms in total. The van der Waals surface area contributed by atoms with Crippen LogP contribution in [0.3, 0.4) is 0 Å². The van der Waals surface area contributed by atoms with Gasteiger partial charge in [-0.3, -0.25) is 0 Å². The third-order valence-corrected chi connectivity index (χ3v) is 3.76. The van der Waals surface area contributed by atoms with Gasteiger partial charge in [-0.2, -0.15) is 0 Å². The Hall–Kier alpha value is -2.04. The summed E-state index contributed by atoms with van der Waals surface area (Å²) in [6.07, 6.45) is -0.128. The zero-order chi connectivity index (χ0) is 14.7. The molecule has 2 aromatic carbocycles. The first-order valence-electron chi connectivity index (χ1n) is 7.00. The quantitative estimate of drug-likeness (QED) is 0.885. The Morgan fingerprint density at radius 3 is 2.52 bits per heavy atom. The summed E-state index contributed by atoms with van der Waals surface area (Å²) in [6.45, 7) is 0.132. The van der Waals surface area contributed by atoms with E-state index in [9.17, 15) is 10.2 Å². The lowest BCUT2D eigenvalue weighted by Crippen LogP contribution is -2.19. The van der Waals surface area contributed by atoms with E-state index in [1.807, 2.05) is 36.4 Å². The van der Waals surface area contributed by atoms with Crippen molar-refractivity contribution in [3.63, 3.8) is 0 Å². The molecule has 2 atom stereocenters. The molecule has 0 fully saturated rings. The van der Waals surface area contributed by atoms with E-state index in [-0.39, 0.29) is 19.3 Å². The summed E-state index contributed by atoms with van der Waals surface area (Å²) < 4.78 is 10.6. The molecule has 110 valence electrons. The molecule has 4 heteroatoms. The molecule has 2 unspecified atom stereocenters. The van der Waals surface area contributed by atoms with Crippen molar-refractivity contribution in [1.82, 2.24) is 0 Å². The molecule has 0 saturated heterocycles. The lowest BCUT2D eigenvalue weighted by Gasteiger charge is -2.21. The zero-order valence-electron chi connectivity index (χ0n) is 11.6. The second-order valence-corrected chi connectivity index (χ2v) is 5.19. The summed E-state index contributed by atoms with van der Waals surface area (Å²) in [5.74, 6) is 1.07. The van der Waals surface area contributed by atoms with Crippen LogP contribution in [0.2, 0.25) is 0 Å². The first-order valence-corrected chi connectivity index (χ1v) is 7.00. The third kappa shape index (κ3) is 3.01. The molecule has 3 rings (SSSR count). The molecule has 1 aliphatic rings. The van der Waals surface area contributed by atoms with Crippen molar-refractivity contribution in [2.75, 3.05) is 13.4 Å². The topological polar surface area (TPSA) is 58.9 Å². The summed E-state index contributed by atoms with van der Waals surface area (Å²) in [6, 6.07) is 15.2. The van der Waals surface area contributed by atoms with Crippen molar-refractivity contribution >= 4 is 0 Å². The minimum Gasteiger partial charge on any atom is -0.454 e. The molecule has 0 bridgehead atoms. The van der Waals surface area contributed by atoms with Crippen LogP contribution in [-0.2, 0) is 6.42 Å². The highest BCUT2D eigenvalue weighted by atomic mass is 16.7. The maximum absolute atomic E-state index is 10.5. The minimum atomic E-state index is -0.746. The first-order chi connectivity index (χ1) is 10.3. The van der Waals surface area contributed by atoms with Gasteiger partial charge in [0.05, 0.1) is 6.10 Å². The minimum absolute atomic E-state index is 0.0789. The first kappa shape index (κ1) is 13.9. The molecule has 0 aliphatic carbocycles. The average molecular weight is 286 g/mol. The molecule has 2 aromatic rings. The van der Waals surface area contributed by atoms with Crippen LogP contribution >= 0.6 is 0 Å². The van der Waals surface area contributed by atoms with Gasteiger partial charge in [0.25, 0.3) is 0 Å². The van der Waals surface area contributed by atoms with Gasteiger partial charge in [0.2, 0.25) is 6.79 Å². The van der Waals surface area contributed by atoms with Crippen LogP contribution in [0.25, 0.3) is 0 Å². The van der Waals surface area contributed by atoms with Crippen molar-refractivity contribution in [2.45, 2.75) is 12.5 Å². The Bertz CT molecular complexity index is 597. The molecule has 0 saturated carbocycles. The van der Waals surface area contributed by atoms with E-state index in [1.165, 1.54) is 0 Å². The van der Waals surface area contributed by atoms with E-state index >= 15 is 0 Å². The summed E-state index contributed by atoms with van der Waals surface area (Å²) >= 11 is 0. The number of hydrogen-bond acceptors (Lipinski definition) is 4. The number of ether oxygens (including phenoxy) is 2. The number of aliphatic hydroxyl groups is 2. The van der Waals surface area contributed by atoms with Crippen LogP contribution < -0.4 is 9.47 Å². The smallest absolute Gasteiger partial charge is 0.231 e. The van der Waals surface area contributed by atoms with Crippen molar-refractivity contribution in [1.29, 1.82) is 0 Å². The Balaban J connectivity index is 1.77. The summed E-state index contributed by atoms with van der Waals surface area (Å²) in [5.41, 5.74) is 1.82. The highest BCUT2D eigenvalue weighted by Gasteiger charge is 2.23. The maximum atomic E-state index is 10.5. The van der Waals surface area contributed by atoms with Crippen molar-refractivity contribution in [3.8, 4) is 11.5 Å². The molecule has 0 aromatic heterocycles. The van der Waals surface area contributed by atoms with Crippen LogP contribution in [0, 0.1) is 5.92 Å². The van der Waals surface area contributed by atoms with Gasteiger partial charge in [-0.15, -0.1) is 0 Å². The number of rotatable bonds is 5. The monoisotopic (exact) mass is 286 g/mol. The van der Waals surface area contributed by atoms with E-state index in [2.05, 4.69) is 0 Å². The molecule has 0 amide bonds. The van der Waals surface area contributed by atoms with E-state index in [0.717, 1.165) is 11.1 Å². The second-order valence-electron chi connectivity index (χ2n) is 5.19. The number of hydrogen-bond donors (Lipinski definition) is 2. The Kier molecular flexibility index (Phi) is 4.08. The van der Waals surface area contributed by atoms with Gasteiger partial charge in [0.15, 0.2) is 11.5 Å². The number of benzene rings is 2. The fourth-order valence-corrected chi connectivity index (χ4v) is 2.56. The Labute approximate surface area is 123 Å². The molecular weight excluding hydrogens is 268 g/mol. The van der Waals surface area contributed by atoms with E-state index in [4.69, 9.17) is 9.47 Å². The van der Waals surface area contributed by atoms with Crippen molar-refractivity contribution in [2.24, 2.45) is 5.92 Å². The summed E-state index contributed by atoms with van der Waals surface area (Å²) in [5, 5.41) is 20.1. The van der Waals surface area contributed by atoms with E-state index in [1.54, 1.807) is 12.1 Å². The molecule has 2 N–H and O–H groups in total. The van der Waals surface area contributed by atoms with Gasteiger partial charge in [0.1, 0.15) is 0 Å². The van der Waals surface area contributed by atoms with Gasteiger partial charge >= 0.3 is 0 Å². The van der Waals surface area contributed by atoms with Crippen LogP contribution in [0.1, 0.15) is 17.2 Å². The number of aliphatic hydroxyl groups excluding tert-OH is 2. The predicted molar refractivity (Wildman–Crippen MR) is 78.2 cm³/mol. The van der Waals surface area contributed by atoms with Gasteiger partial charge in [-0.25, -0.2) is 0 Å². The molecule has 0 radical (unpaired) electrons. The Morgan fingerprint density at radius 2 is 1.76 bits per heavy atom. The Morgan fingerprint density at radius 1 is 1.00 bits per heavy atom. The predicted octanol–water partition coefficient (Wildman–Crippen LogP) is 2.30. The average Bonchev–Trinajstić information content (AvgIpc) is 3.00. The van der Waals surface area contributed by atoms with Gasteiger partial charge < -0.3 is 19.7 Å². The standard InChI is InChI=1S/C17H18O4/c18-10-14(8-12-4-2-1-3-5-12)17(19)13-6-7-15-16(9-13)21-11-20-15/h1-7,9,14,17-19H,8,10-11H2. The molecule has 1 heterocycles. The SMILES string of the molecule is OCC(Cc1ccccc1)C(O)c1ccc2c(c1)OCO2. The van der Waals surface area contributed by atoms with Gasteiger partial charge in [-0.05, 0) is 29.7 Å². The lowest BCUT2D eigenvalue weighted by atomic mass is 9.90. The highest BCUT2D eigenvalue weighted by molar-refractivity contribution is 5.45. The highest BCUT2D eigenvalue weighted by Crippen LogP contribution is 2.36. The van der Waals surface area contributed by atoms with Gasteiger partial charge in [0, 0.05) is 12.5 Å². The zero-order valence-corrected chi connectivity index (χ0v) is 11.6. The van der Waals surface area contributed by atoms with E-state index in [0.29, 0.717) is 17.9 Å². The lowest BCUT2D eigenvalue weighted by molar-refractivity contribution is 0.0667. The summed E-state index contributed by atoms with van der Waals surface area (Å²) in [7, 11) is 0. The van der Waals surface area contributed by atoms with E-state index < -0.39 is 6.10 Å². The molecular formula is C17H18O4. The van der Waals surface area contributed by atoms with Crippen LogP contribution in [0.4, 0.5) is 0 Å². The maximum Gasteiger partial charge on any atom is 0.231 e. The summed E-state index contributed by atoms with van der Waals surface area (Å²) in [4.78, 5) is 0. The van der Waals surface area contributed by atoms with Crippen molar-refractivity contribution < 1.29 is 19.7 Å². The van der Waals surface area contributed by atoms with Crippen LogP contribution in [0.5, 0.6) is 11.5 Å². The largest absolute Gasteiger partial charge is 0.454 e. The van der Waals surface area contributed by atoms with Crippen LogP contribution in [-0.4, -0.2) is 23.6 Å². The van der Waals surface area contributed by atoms with Gasteiger partial charge in [-0.1, -0.05) is 36.4 Å². The van der Waals surface area contributed by atoms with Crippen LogP contribution in [0.15, 0.2) is 48.5 Å². The van der Waals surface area contributed by atoms with Crippen molar-refractivity contribution in [3.05, 3.63) is 59.7 Å². The fourth-order valence-electron chi connectivity index (χ4n) is 2.56. The molecule has 0 spiro atoms. The number of fused-ring (bicyclic) bond motifs is 1.